The van der Waals surface area contributed by atoms with Gasteiger partial charge in [-0.05, 0) is 38.5 Å². The van der Waals surface area contributed by atoms with Gasteiger partial charge in [0.15, 0.2) is 0 Å². The summed E-state index contributed by atoms with van der Waals surface area (Å²) < 4.78 is 0.836. The molecule has 0 bridgehead atoms. The van der Waals surface area contributed by atoms with Crippen molar-refractivity contribution in [3.05, 3.63) is 33.8 Å². The van der Waals surface area contributed by atoms with Crippen molar-refractivity contribution in [2.45, 2.75) is 33.2 Å². The maximum Gasteiger partial charge on any atom is 0.305 e. The van der Waals surface area contributed by atoms with Gasteiger partial charge in [-0.15, -0.1) is 0 Å². The van der Waals surface area contributed by atoms with Crippen molar-refractivity contribution in [2.24, 2.45) is 0 Å². The summed E-state index contributed by atoms with van der Waals surface area (Å²) in [6, 6.07) is 5.48. The van der Waals surface area contributed by atoms with E-state index >= 15 is 0 Å². The lowest BCUT2D eigenvalue weighted by atomic mass is 10.1. The number of nitrogens with zero attached hydrogens (tertiary/aromatic N) is 1. The lowest BCUT2D eigenvalue weighted by Crippen LogP contribution is -2.38. The first-order chi connectivity index (χ1) is 8.82. The fourth-order valence-corrected chi connectivity index (χ4v) is 2.15. The molecule has 0 spiro atoms. The third-order valence-electron chi connectivity index (χ3n) is 2.88. The van der Waals surface area contributed by atoms with E-state index in [0.29, 0.717) is 5.56 Å². The minimum atomic E-state index is -0.899. The molecule has 0 radical (unpaired) electrons. The highest BCUT2D eigenvalue weighted by Gasteiger charge is 2.21. The van der Waals surface area contributed by atoms with E-state index in [1.165, 1.54) is 0 Å². The Morgan fingerprint density at radius 3 is 2.53 bits per heavy atom. The van der Waals surface area contributed by atoms with Gasteiger partial charge in [0.25, 0.3) is 5.91 Å². The quantitative estimate of drug-likeness (QED) is 0.904. The predicted octanol–water partition coefficient (Wildman–Crippen LogP) is 3.08. The molecule has 4 nitrogen and oxygen atoms in total. The first kappa shape index (κ1) is 15.7. The molecule has 1 amide bonds. The highest BCUT2D eigenvalue weighted by molar-refractivity contribution is 9.10. The van der Waals surface area contributed by atoms with Crippen molar-refractivity contribution >= 4 is 27.8 Å². The maximum absolute atomic E-state index is 12.5. The number of aryl methyl sites for hydroxylation is 1. The highest BCUT2D eigenvalue weighted by atomic mass is 79.9. The largest absolute Gasteiger partial charge is 0.481 e. The first-order valence-electron chi connectivity index (χ1n) is 6.12. The lowest BCUT2D eigenvalue weighted by molar-refractivity contribution is -0.137. The van der Waals surface area contributed by atoms with Gasteiger partial charge in [-0.3, -0.25) is 9.59 Å². The summed E-state index contributed by atoms with van der Waals surface area (Å²) >= 11 is 3.35. The van der Waals surface area contributed by atoms with Gasteiger partial charge >= 0.3 is 5.97 Å². The molecule has 104 valence electrons. The molecule has 1 aromatic rings. The van der Waals surface area contributed by atoms with Crippen LogP contribution in [-0.4, -0.2) is 34.5 Å². The summed E-state index contributed by atoms with van der Waals surface area (Å²) in [6.07, 6.45) is -0.0447. The Kier molecular flexibility index (Phi) is 5.54. The number of carboxylic acid groups (broad SMARTS) is 1. The summed E-state index contributed by atoms with van der Waals surface area (Å²) in [4.78, 5) is 24.7. The Morgan fingerprint density at radius 1 is 1.37 bits per heavy atom. The number of amides is 1. The van der Waals surface area contributed by atoms with E-state index in [1.807, 2.05) is 32.9 Å². The zero-order valence-electron chi connectivity index (χ0n) is 11.3. The molecule has 19 heavy (non-hydrogen) atoms. The highest BCUT2D eigenvalue weighted by Crippen LogP contribution is 2.19. The molecule has 0 aliphatic carbocycles. The van der Waals surface area contributed by atoms with Gasteiger partial charge in [-0.25, -0.2) is 0 Å². The second-order valence-corrected chi connectivity index (χ2v) is 5.61. The van der Waals surface area contributed by atoms with Gasteiger partial charge < -0.3 is 10.0 Å². The fourth-order valence-electron chi connectivity index (χ4n) is 1.79. The molecular formula is C14H18BrNO3. The monoisotopic (exact) mass is 327 g/mol. The third kappa shape index (κ3) is 4.35. The molecule has 0 aliphatic heterocycles. The number of halogens is 1. The fraction of sp³-hybridized carbons (Fsp3) is 0.429. The standard InChI is InChI=1S/C14H18BrNO3/c1-9(2)16(7-6-13(17)18)14(19)12-8-11(15)5-4-10(12)3/h4-5,8-9H,6-7H2,1-3H3,(H,17,18). The Bertz CT molecular complexity index is 486. The van der Waals surface area contributed by atoms with Gasteiger partial charge in [0, 0.05) is 22.6 Å². The van der Waals surface area contributed by atoms with Crippen molar-refractivity contribution in [2.75, 3.05) is 6.54 Å². The van der Waals surface area contributed by atoms with Crippen LogP contribution in [0.3, 0.4) is 0 Å². The minimum absolute atomic E-state index is 0.0368. The number of aliphatic carboxylic acids is 1. The van der Waals surface area contributed by atoms with Crippen molar-refractivity contribution in [1.82, 2.24) is 4.90 Å². The molecular weight excluding hydrogens is 310 g/mol. The van der Waals surface area contributed by atoms with E-state index in [2.05, 4.69) is 15.9 Å². The number of carboxylic acids is 1. The van der Waals surface area contributed by atoms with Crippen LogP contribution in [0.15, 0.2) is 22.7 Å². The summed E-state index contributed by atoms with van der Waals surface area (Å²) in [5.41, 5.74) is 1.49. The van der Waals surface area contributed by atoms with Gasteiger partial charge in [0.2, 0.25) is 0 Å². The summed E-state index contributed by atoms with van der Waals surface area (Å²) in [5, 5.41) is 8.75. The second kappa shape index (κ2) is 6.70. The van der Waals surface area contributed by atoms with Crippen LogP contribution in [0.2, 0.25) is 0 Å². The Hall–Kier alpha value is -1.36. The van der Waals surface area contributed by atoms with Crippen molar-refractivity contribution < 1.29 is 14.7 Å². The molecule has 1 rings (SSSR count). The smallest absolute Gasteiger partial charge is 0.305 e. The minimum Gasteiger partial charge on any atom is -0.481 e. The van der Waals surface area contributed by atoms with Crippen LogP contribution in [0.1, 0.15) is 36.2 Å². The zero-order chi connectivity index (χ0) is 14.6. The normalized spacial score (nSPS) is 10.6. The predicted molar refractivity (Wildman–Crippen MR) is 77.3 cm³/mol. The number of hydrogen-bond donors (Lipinski definition) is 1. The van der Waals surface area contributed by atoms with Gasteiger partial charge in [-0.1, -0.05) is 22.0 Å². The Morgan fingerprint density at radius 2 is 2.00 bits per heavy atom. The van der Waals surface area contributed by atoms with Crippen LogP contribution in [0.25, 0.3) is 0 Å². The van der Waals surface area contributed by atoms with E-state index in [1.54, 1.807) is 11.0 Å². The van der Waals surface area contributed by atoms with Gasteiger partial charge in [0.05, 0.1) is 6.42 Å². The maximum atomic E-state index is 12.5. The first-order valence-corrected chi connectivity index (χ1v) is 6.91. The third-order valence-corrected chi connectivity index (χ3v) is 3.37. The van der Waals surface area contributed by atoms with Crippen molar-refractivity contribution in [3.8, 4) is 0 Å². The molecule has 0 heterocycles. The molecule has 0 aromatic heterocycles. The molecule has 0 unspecified atom stereocenters. The number of rotatable bonds is 5. The van der Waals surface area contributed by atoms with Crippen LogP contribution >= 0.6 is 15.9 Å². The average molecular weight is 328 g/mol. The second-order valence-electron chi connectivity index (χ2n) is 4.70. The number of carbonyl (C=O) groups is 2. The Balaban J connectivity index is 2.99. The number of hydrogen-bond acceptors (Lipinski definition) is 2. The van der Waals surface area contributed by atoms with Crippen LogP contribution in [0.4, 0.5) is 0 Å². The molecule has 0 fully saturated rings. The molecule has 0 saturated carbocycles. The lowest BCUT2D eigenvalue weighted by Gasteiger charge is -2.27. The van der Waals surface area contributed by atoms with E-state index in [4.69, 9.17) is 5.11 Å². The summed E-state index contributed by atoms with van der Waals surface area (Å²) in [7, 11) is 0. The summed E-state index contributed by atoms with van der Waals surface area (Å²) in [5.74, 6) is -1.03. The van der Waals surface area contributed by atoms with E-state index < -0.39 is 5.97 Å². The van der Waals surface area contributed by atoms with Gasteiger partial charge in [-0.2, -0.15) is 0 Å². The average Bonchev–Trinajstić information content (AvgIpc) is 2.31. The molecule has 0 atom stereocenters. The summed E-state index contributed by atoms with van der Waals surface area (Å²) in [6.45, 7) is 5.85. The molecule has 1 N–H and O–H groups in total. The Labute approximate surface area is 121 Å². The SMILES string of the molecule is Cc1ccc(Br)cc1C(=O)N(CCC(=O)O)C(C)C. The number of benzene rings is 1. The van der Waals surface area contributed by atoms with Crippen molar-refractivity contribution in [1.29, 1.82) is 0 Å². The van der Waals surface area contributed by atoms with Crippen molar-refractivity contribution in [3.63, 3.8) is 0 Å². The van der Waals surface area contributed by atoms with E-state index in [0.717, 1.165) is 10.0 Å². The van der Waals surface area contributed by atoms with Crippen LogP contribution < -0.4 is 0 Å². The van der Waals surface area contributed by atoms with E-state index in [9.17, 15) is 9.59 Å². The van der Waals surface area contributed by atoms with Crippen LogP contribution in [-0.2, 0) is 4.79 Å². The van der Waals surface area contributed by atoms with Gasteiger partial charge in [0.1, 0.15) is 0 Å². The molecule has 5 heteroatoms. The van der Waals surface area contributed by atoms with E-state index in [-0.39, 0.29) is 24.9 Å². The molecule has 0 aliphatic rings. The topological polar surface area (TPSA) is 57.6 Å². The van der Waals surface area contributed by atoms with Crippen LogP contribution in [0, 0.1) is 6.92 Å². The molecule has 1 aromatic carbocycles. The number of carbonyl (C=O) groups excluding carboxylic acids is 1. The molecule has 0 saturated heterocycles. The zero-order valence-corrected chi connectivity index (χ0v) is 12.9. The van der Waals surface area contributed by atoms with Crippen LogP contribution in [0.5, 0.6) is 0 Å².